The van der Waals surface area contributed by atoms with Gasteiger partial charge in [-0.2, -0.15) is 0 Å². The SMILES string of the molecule is [Cu+2].[O-][Cl+3]([O-])([O-])[O-].[O-][Cl+3]([O-])([O-])[O-].c1c[nH]cn1.c1c[nH]cn1.c1c[nH]cn1.c1c[nH]cn1. The Morgan fingerprint density at radius 2 is 0.581 bits per heavy atom. The molecule has 0 aliphatic rings. The first kappa shape index (κ1) is 33.3. The zero-order valence-electron chi connectivity index (χ0n) is 15.0. The molecule has 4 heterocycles. The van der Waals surface area contributed by atoms with E-state index in [0.29, 0.717) is 0 Å². The van der Waals surface area contributed by atoms with Crippen LogP contribution in [0.5, 0.6) is 0 Å². The third-order valence-electron chi connectivity index (χ3n) is 1.62. The van der Waals surface area contributed by atoms with Crippen molar-refractivity contribution in [3.05, 3.63) is 74.9 Å². The molecule has 0 bridgehead atoms. The standard InChI is InChI=1S/4C3H4N2.2ClHO4.Cu/c4*1-2-5-3-4-1;2*2-1(3,4)5;/h4*1-3H,(H,4,5);2*(H,2,3,4,5);/q;;;;;;+2/p-2. The number of halogens is 2. The Balaban J connectivity index is -0.000000302. The van der Waals surface area contributed by atoms with Crippen LogP contribution in [-0.4, -0.2) is 39.9 Å². The van der Waals surface area contributed by atoms with E-state index in [2.05, 4.69) is 39.9 Å². The van der Waals surface area contributed by atoms with Gasteiger partial charge in [0.1, 0.15) is 0 Å². The summed E-state index contributed by atoms with van der Waals surface area (Å²) in [6.07, 6.45) is 20.3. The molecule has 4 aromatic rings. The van der Waals surface area contributed by atoms with E-state index in [0.717, 1.165) is 0 Å². The maximum Gasteiger partial charge on any atom is 2.00 e. The maximum atomic E-state index is 8.49. The van der Waals surface area contributed by atoms with E-state index in [4.69, 9.17) is 37.3 Å². The van der Waals surface area contributed by atoms with Gasteiger partial charge in [-0.1, -0.05) is 0 Å². The number of hydrogen-bond acceptors (Lipinski definition) is 12. The molecule has 0 saturated heterocycles. The van der Waals surface area contributed by atoms with Gasteiger partial charge in [0.15, 0.2) is 0 Å². The van der Waals surface area contributed by atoms with Crippen LogP contribution < -0.4 is 37.3 Å². The summed E-state index contributed by atoms with van der Waals surface area (Å²) in [6.45, 7) is 0. The number of H-pyrrole nitrogens is 4. The smallest absolute Gasteiger partial charge is 0.351 e. The summed E-state index contributed by atoms with van der Waals surface area (Å²) < 4.78 is 67.9. The molecule has 1 radical (unpaired) electrons. The van der Waals surface area contributed by atoms with Gasteiger partial charge in [-0.25, -0.2) is 57.2 Å². The maximum absolute atomic E-state index is 8.49. The summed E-state index contributed by atoms with van der Waals surface area (Å²) in [6, 6.07) is 0. The van der Waals surface area contributed by atoms with Crippen molar-refractivity contribution in [1.82, 2.24) is 39.9 Å². The van der Waals surface area contributed by atoms with Gasteiger partial charge in [0.25, 0.3) is 0 Å². The third kappa shape index (κ3) is 58.4. The van der Waals surface area contributed by atoms with Crippen molar-refractivity contribution >= 4 is 0 Å². The minimum Gasteiger partial charge on any atom is -0.351 e. The predicted octanol–water partition coefficient (Wildman–Crippen LogP) is -7.88. The van der Waals surface area contributed by atoms with Crippen LogP contribution in [-0.2, 0) is 17.1 Å². The molecule has 0 atom stereocenters. The second-order valence-electron chi connectivity index (χ2n) is 3.80. The molecule has 0 aliphatic carbocycles. The molecule has 4 N–H and O–H groups in total. The van der Waals surface area contributed by atoms with Crippen molar-refractivity contribution in [3.8, 4) is 0 Å². The van der Waals surface area contributed by atoms with E-state index >= 15 is 0 Å². The number of aromatic nitrogens is 8. The molecule has 31 heavy (non-hydrogen) atoms. The van der Waals surface area contributed by atoms with Crippen LogP contribution in [0.4, 0.5) is 0 Å². The molecule has 0 aliphatic heterocycles. The Labute approximate surface area is 189 Å². The average molecular weight is 535 g/mol. The molecule has 4 rings (SSSR count). The van der Waals surface area contributed by atoms with E-state index < -0.39 is 20.5 Å². The van der Waals surface area contributed by atoms with Gasteiger partial charge in [-0.15, -0.1) is 20.5 Å². The van der Waals surface area contributed by atoms with Crippen molar-refractivity contribution in [2.75, 3.05) is 0 Å². The largest absolute Gasteiger partial charge is 2.00 e. The van der Waals surface area contributed by atoms with E-state index in [9.17, 15) is 0 Å². The van der Waals surface area contributed by atoms with Crippen LogP contribution in [0.15, 0.2) is 74.9 Å². The molecular weight excluding hydrogens is 519 g/mol. The van der Waals surface area contributed by atoms with Crippen molar-refractivity contribution in [3.63, 3.8) is 0 Å². The normalized spacial score (nSPS) is 9.03. The summed E-state index contributed by atoms with van der Waals surface area (Å²) in [5, 5.41) is 0. The molecule has 177 valence electrons. The van der Waals surface area contributed by atoms with Gasteiger partial charge in [0.2, 0.25) is 0 Å². The fourth-order valence-corrected chi connectivity index (χ4v) is 0.861. The van der Waals surface area contributed by atoms with Gasteiger partial charge < -0.3 is 19.9 Å². The third-order valence-corrected chi connectivity index (χ3v) is 1.62. The minimum atomic E-state index is -4.94. The zero-order valence-corrected chi connectivity index (χ0v) is 17.5. The Morgan fingerprint density at radius 1 is 0.419 bits per heavy atom. The predicted molar refractivity (Wildman–Crippen MR) is 74.4 cm³/mol. The molecule has 4 aromatic heterocycles. The Morgan fingerprint density at radius 3 is 0.613 bits per heavy atom. The first-order valence-corrected chi connectivity index (χ1v) is 9.41. The van der Waals surface area contributed by atoms with Gasteiger partial charge in [0.05, 0.1) is 25.3 Å². The van der Waals surface area contributed by atoms with Crippen LogP contribution in [0, 0.1) is 20.5 Å². The molecule has 0 fully saturated rings. The first-order valence-electron chi connectivity index (χ1n) is 6.94. The Bertz CT molecular complexity index is 524. The van der Waals surface area contributed by atoms with E-state index in [1.165, 1.54) is 0 Å². The Kier molecular flexibility index (Phi) is 23.9. The van der Waals surface area contributed by atoms with Gasteiger partial charge in [0, 0.05) is 49.6 Å². The minimum absolute atomic E-state index is 0. The van der Waals surface area contributed by atoms with Crippen LogP contribution in [0.3, 0.4) is 0 Å². The van der Waals surface area contributed by atoms with Crippen LogP contribution in [0.25, 0.3) is 0 Å². The van der Waals surface area contributed by atoms with Crippen LogP contribution in [0.2, 0.25) is 0 Å². The van der Waals surface area contributed by atoms with Crippen LogP contribution >= 0.6 is 0 Å². The van der Waals surface area contributed by atoms with Crippen molar-refractivity contribution in [2.45, 2.75) is 0 Å². The fourth-order valence-electron chi connectivity index (χ4n) is 0.861. The topological polar surface area (TPSA) is 299 Å². The number of imidazole rings is 4. The summed E-state index contributed by atoms with van der Waals surface area (Å²) in [4.78, 5) is 25.7. The van der Waals surface area contributed by atoms with Gasteiger partial charge in [-0.05, 0) is 0 Å². The van der Waals surface area contributed by atoms with Gasteiger partial charge >= 0.3 is 17.1 Å². The van der Waals surface area contributed by atoms with E-state index in [1.807, 2.05) is 0 Å². The average Bonchev–Trinajstić information content (AvgIpc) is 3.51. The van der Waals surface area contributed by atoms with E-state index in [1.54, 1.807) is 74.9 Å². The molecule has 19 heteroatoms. The zero-order chi connectivity index (χ0) is 23.1. The summed E-state index contributed by atoms with van der Waals surface area (Å²) >= 11 is 0. The summed E-state index contributed by atoms with van der Waals surface area (Å²) in [5.41, 5.74) is 0. The second kappa shape index (κ2) is 22.3. The number of nitrogens with zero attached hydrogens (tertiary/aromatic N) is 4. The molecule has 16 nitrogen and oxygen atoms in total. The molecular formula is C12H16Cl2CuN8O8. The summed E-state index contributed by atoms with van der Waals surface area (Å²) in [7, 11) is -9.89. The number of nitrogens with one attached hydrogen (secondary N) is 4. The van der Waals surface area contributed by atoms with E-state index in [-0.39, 0.29) is 17.1 Å². The number of aromatic amines is 4. The Hall–Kier alpha value is -2.38. The molecule has 0 amide bonds. The molecule has 0 saturated carbocycles. The molecule has 0 aromatic carbocycles. The monoisotopic (exact) mass is 533 g/mol. The van der Waals surface area contributed by atoms with Crippen molar-refractivity contribution in [1.29, 1.82) is 0 Å². The fraction of sp³-hybridized carbons (Fsp3) is 0. The van der Waals surface area contributed by atoms with Crippen molar-refractivity contribution in [2.24, 2.45) is 0 Å². The van der Waals surface area contributed by atoms with Gasteiger partial charge in [-0.3, -0.25) is 0 Å². The second-order valence-corrected chi connectivity index (χ2v) is 5.31. The number of hydrogen-bond donors (Lipinski definition) is 4. The molecule has 0 spiro atoms. The van der Waals surface area contributed by atoms with Crippen LogP contribution in [0.1, 0.15) is 0 Å². The molecule has 0 unspecified atom stereocenters. The first-order chi connectivity index (χ1) is 14.0. The summed E-state index contributed by atoms with van der Waals surface area (Å²) in [5.74, 6) is 0. The quantitative estimate of drug-likeness (QED) is 0.153. The van der Waals surface area contributed by atoms with Crippen molar-refractivity contribution < 1.29 is 74.8 Å². The number of rotatable bonds is 0.